The zero-order chi connectivity index (χ0) is 13.7. The fourth-order valence-electron chi connectivity index (χ4n) is 3.09. The molecule has 19 heavy (non-hydrogen) atoms. The Labute approximate surface area is 109 Å². The average Bonchev–Trinajstić information content (AvgIpc) is 2.16. The van der Waals surface area contributed by atoms with E-state index in [0.717, 1.165) is 31.5 Å². The lowest BCUT2D eigenvalue weighted by atomic mass is 9.57. The molecule has 1 heterocycles. The molecule has 2 nitrogen and oxygen atoms in total. The van der Waals surface area contributed by atoms with E-state index in [4.69, 9.17) is 0 Å². The van der Waals surface area contributed by atoms with E-state index in [0.29, 0.717) is 16.9 Å². The number of nitrogens with one attached hydrogen (secondary N) is 1. The van der Waals surface area contributed by atoms with Gasteiger partial charge in [0.05, 0.1) is 0 Å². The van der Waals surface area contributed by atoms with Crippen molar-refractivity contribution < 1.29 is 17.9 Å². The van der Waals surface area contributed by atoms with Crippen LogP contribution in [-0.2, 0) is 0 Å². The molecule has 1 saturated carbocycles. The number of aryl methyl sites for hydroxylation is 1. The van der Waals surface area contributed by atoms with Gasteiger partial charge in [-0.15, -0.1) is 13.2 Å². The van der Waals surface area contributed by atoms with Crippen LogP contribution in [0.25, 0.3) is 0 Å². The molecule has 1 aromatic rings. The van der Waals surface area contributed by atoms with Crippen molar-refractivity contribution in [2.75, 3.05) is 13.1 Å². The van der Waals surface area contributed by atoms with Crippen LogP contribution in [0, 0.1) is 12.3 Å². The van der Waals surface area contributed by atoms with E-state index in [-0.39, 0.29) is 5.75 Å². The molecule has 1 N–H and O–H groups in total. The molecule has 5 heteroatoms. The molecule has 3 rings (SSSR count). The molecule has 2 aliphatic rings. The zero-order valence-electron chi connectivity index (χ0n) is 10.7. The molecule has 0 atom stereocenters. The highest BCUT2D eigenvalue weighted by Crippen LogP contribution is 2.53. The van der Waals surface area contributed by atoms with Crippen molar-refractivity contribution in [2.24, 2.45) is 5.41 Å². The summed E-state index contributed by atoms with van der Waals surface area (Å²) >= 11 is 0. The second kappa shape index (κ2) is 4.13. The highest BCUT2D eigenvalue weighted by atomic mass is 19.4. The number of hydrogen-bond donors (Lipinski definition) is 1. The summed E-state index contributed by atoms with van der Waals surface area (Å²) in [7, 11) is 0. The van der Waals surface area contributed by atoms with Crippen molar-refractivity contribution in [3.8, 4) is 5.75 Å². The van der Waals surface area contributed by atoms with E-state index in [1.807, 2.05) is 6.07 Å². The van der Waals surface area contributed by atoms with Gasteiger partial charge in [0.25, 0.3) is 0 Å². The minimum Gasteiger partial charge on any atom is -0.406 e. The van der Waals surface area contributed by atoms with Crippen LogP contribution in [0.15, 0.2) is 18.2 Å². The summed E-state index contributed by atoms with van der Waals surface area (Å²) in [5.74, 6) is 0.302. The van der Waals surface area contributed by atoms with Gasteiger partial charge < -0.3 is 10.1 Å². The molecular formula is C14H16F3NO. The zero-order valence-corrected chi connectivity index (χ0v) is 10.7. The van der Waals surface area contributed by atoms with Gasteiger partial charge in [-0.25, -0.2) is 0 Å². The van der Waals surface area contributed by atoms with Gasteiger partial charge in [-0.2, -0.15) is 0 Å². The Morgan fingerprint density at radius 1 is 1.26 bits per heavy atom. The third-order valence-electron chi connectivity index (χ3n) is 4.27. The van der Waals surface area contributed by atoms with Gasteiger partial charge in [-0.1, -0.05) is 12.1 Å². The summed E-state index contributed by atoms with van der Waals surface area (Å²) in [6.45, 7) is 3.71. The lowest BCUT2D eigenvalue weighted by Gasteiger charge is -2.54. The largest absolute Gasteiger partial charge is 0.573 e. The van der Waals surface area contributed by atoms with Crippen molar-refractivity contribution >= 4 is 0 Å². The van der Waals surface area contributed by atoms with Crippen LogP contribution in [-0.4, -0.2) is 19.5 Å². The van der Waals surface area contributed by atoms with Crippen LogP contribution in [0.2, 0.25) is 0 Å². The number of ether oxygens (including phenoxy) is 1. The molecule has 104 valence electrons. The molecule has 1 aliphatic heterocycles. The Morgan fingerprint density at radius 3 is 2.47 bits per heavy atom. The number of benzene rings is 1. The van der Waals surface area contributed by atoms with Crippen LogP contribution in [0.3, 0.4) is 0 Å². The van der Waals surface area contributed by atoms with Gasteiger partial charge in [0.15, 0.2) is 0 Å². The maximum atomic E-state index is 12.3. The topological polar surface area (TPSA) is 21.3 Å². The Bertz CT molecular complexity index is 486. The second-order valence-electron chi connectivity index (χ2n) is 5.78. The Balaban J connectivity index is 1.74. The Morgan fingerprint density at radius 2 is 1.95 bits per heavy atom. The van der Waals surface area contributed by atoms with Crippen molar-refractivity contribution in [3.05, 3.63) is 29.3 Å². The van der Waals surface area contributed by atoms with Crippen LogP contribution in [0.4, 0.5) is 13.2 Å². The molecular weight excluding hydrogens is 255 g/mol. The Kier molecular flexibility index (Phi) is 2.78. The molecule has 0 unspecified atom stereocenters. The van der Waals surface area contributed by atoms with E-state index < -0.39 is 6.36 Å². The van der Waals surface area contributed by atoms with Crippen molar-refractivity contribution in [3.63, 3.8) is 0 Å². The number of hydrogen-bond acceptors (Lipinski definition) is 2. The normalized spacial score (nSPS) is 21.9. The molecule has 2 fully saturated rings. The SMILES string of the molecule is Cc1ccc(C2CC3(CNC3)C2)cc1OC(F)(F)F. The quantitative estimate of drug-likeness (QED) is 0.890. The van der Waals surface area contributed by atoms with Crippen molar-refractivity contribution in [1.82, 2.24) is 5.32 Å². The lowest BCUT2D eigenvalue weighted by molar-refractivity contribution is -0.274. The number of halogens is 3. The van der Waals surface area contributed by atoms with E-state index >= 15 is 0 Å². The predicted molar refractivity (Wildman–Crippen MR) is 65.1 cm³/mol. The highest BCUT2D eigenvalue weighted by Gasteiger charge is 2.48. The maximum Gasteiger partial charge on any atom is 0.573 e. The number of alkyl halides is 3. The predicted octanol–water partition coefficient (Wildman–Crippen LogP) is 3.36. The fraction of sp³-hybridized carbons (Fsp3) is 0.571. The molecule has 0 bridgehead atoms. The Hall–Kier alpha value is -1.23. The third kappa shape index (κ3) is 2.43. The molecule has 1 aliphatic carbocycles. The summed E-state index contributed by atoms with van der Waals surface area (Å²) in [5.41, 5.74) is 1.89. The van der Waals surface area contributed by atoms with Crippen molar-refractivity contribution in [1.29, 1.82) is 0 Å². The minimum absolute atomic E-state index is 0.0716. The van der Waals surface area contributed by atoms with Crippen LogP contribution >= 0.6 is 0 Å². The second-order valence-corrected chi connectivity index (χ2v) is 5.78. The average molecular weight is 271 g/mol. The maximum absolute atomic E-state index is 12.3. The molecule has 0 aromatic heterocycles. The first kappa shape index (κ1) is 12.8. The van der Waals surface area contributed by atoms with Crippen LogP contribution in [0.1, 0.15) is 29.9 Å². The van der Waals surface area contributed by atoms with E-state index in [1.54, 1.807) is 19.1 Å². The first-order chi connectivity index (χ1) is 8.87. The van der Waals surface area contributed by atoms with E-state index in [2.05, 4.69) is 10.1 Å². The smallest absolute Gasteiger partial charge is 0.406 e. The summed E-state index contributed by atoms with van der Waals surface area (Å²) in [6.07, 6.45) is -2.49. The van der Waals surface area contributed by atoms with Gasteiger partial charge >= 0.3 is 6.36 Å². The molecule has 1 saturated heterocycles. The van der Waals surface area contributed by atoms with E-state index in [1.165, 1.54) is 0 Å². The van der Waals surface area contributed by atoms with Gasteiger partial charge in [0.2, 0.25) is 0 Å². The van der Waals surface area contributed by atoms with Gasteiger partial charge in [-0.05, 0) is 48.3 Å². The first-order valence-electron chi connectivity index (χ1n) is 6.44. The van der Waals surface area contributed by atoms with E-state index in [9.17, 15) is 13.2 Å². The summed E-state index contributed by atoms with van der Waals surface area (Å²) in [4.78, 5) is 0. The summed E-state index contributed by atoms with van der Waals surface area (Å²) < 4.78 is 41.0. The minimum atomic E-state index is -4.62. The van der Waals surface area contributed by atoms with Crippen LogP contribution in [0.5, 0.6) is 5.75 Å². The number of rotatable bonds is 2. The van der Waals surface area contributed by atoms with Gasteiger partial charge in [0.1, 0.15) is 5.75 Å². The highest BCUT2D eigenvalue weighted by molar-refractivity contribution is 5.39. The standard InChI is InChI=1S/C14H16F3NO/c1-9-2-3-10(4-12(9)19-14(15,16)17)11-5-13(6-11)7-18-8-13/h2-4,11,18H,5-8H2,1H3. The molecule has 0 radical (unpaired) electrons. The van der Waals surface area contributed by atoms with Gasteiger partial charge in [0, 0.05) is 13.1 Å². The monoisotopic (exact) mass is 271 g/mol. The molecule has 1 spiro atoms. The van der Waals surface area contributed by atoms with Gasteiger partial charge in [-0.3, -0.25) is 0 Å². The molecule has 0 amide bonds. The first-order valence-corrected chi connectivity index (χ1v) is 6.44. The third-order valence-corrected chi connectivity index (χ3v) is 4.27. The summed E-state index contributed by atoms with van der Waals surface area (Å²) in [5, 5.41) is 3.25. The lowest BCUT2D eigenvalue weighted by Crippen LogP contribution is -2.59. The van der Waals surface area contributed by atoms with Crippen molar-refractivity contribution in [2.45, 2.75) is 32.0 Å². The molecule has 1 aromatic carbocycles. The summed E-state index contributed by atoms with van der Waals surface area (Å²) in [6, 6.07) is 5.18. The fourth-order valence-corrected chi connectivity index (χ4v) is 3.09. The van der Waals surface area contributed by atoms with Crippen LogP contribution < -0.4 is 10.1 Å².